The average molecular weight is 700 g/mol. The van der Waals surface area contributed by atoms with Gasteiger partial charge in [-0.15, -0.1) is 0 Å². The van der Waals surface area contributed by atoms with Crippen LogP contribution in [0.2, 0.25) is 0 Å². The van der Waals surface area contributed by atoms with Gasteiger partial charge in [-0.1, -0.05) is 245 Å². The van der Waals surface area contributed by atoms with E-state index < -0.39 is 0 Å². The predicted octanol–water partition coefficient (Wildman–Crippen LogP) is 17.2. The summed E-state index contributed by atoms with van der Waals surface area (Å²) in [6.07, 6.45) is 60.6. The summed E-state index contributed by atoms with van der Waals surface area (Å²) in [5.41, 5.74) is 0. The molecule has 1 aromatic rings. The van der Waals surface area contributed by atoms with Crippen LogP contribution in [0.25, 0.3) is 0 Å². The summed E-state index contributed by atoms with van der Waals surface area (Å²) < 4.78 is 2.65. The summed E-state index contributed by atoms with van der Waals surface area (Å²) in [5, 5.41) is 0. The average Bonchev–Trinajstić information content (AvgIpc) is 3.62. The maximum atomic E-state index is 3.77. The van der Waals surface area contributed by atoms with Crippen molar-refractivity contribution in [2.24, 2.45) is 0 Å². The molecule has 2 atom stereocenters. The molecule has 296 valence electrons. The predicted molar refractivity (Wildman–Crippen MR) is 226 cm³/mol. The fourth-order valence-electron chi connectivity index (χ4n) is 8.37. The molecule has 0 radical (unpaired) electrons. The molecule has 0 spiro atoms. The first-order valence-electron chi connectivity index (χ1n) is 23.8. The zero-order chi connectivity index (χ0) is 36.0. The van der Waals surface area contributed by atoms with E-state index in [4.69, 9.17) is 0 Å². The van der Waals surface area contributed by atoms with E-state index in [0.717, 1.165) is 0 Å². The standard InChI is InChI=1S/C48H94N2/c1-5-8-11-14-17-19-21-23-25-26-28-30-32-34-37-40-43-47(42-39-36-33-31-29-27-24-22-20-18-15-12-9-6-2)48-49-44-45-50(48)46(4)41-38-35-16-13-10-7-3/h44-47H,5-43H2,1-4H3/p+1. The van der Waals surface area contributed by atoms with Crippen LogP contribution in [-0.4, -0.2) is 4.98 Å². The van der Waals surface area contributed by atoms with E-state index in [2.05, 4.69) is 49.6 Å². The van der Waals surface area contributed by atoms with Crippen LogP contribution >= 0.6 is 0 Å². The van der Waals surface area contributed by atoms with Gasteiger partial charge in [0.05, 0.1) is 12.0 Å². The Balaban J connectivity index is 2.32. The Morgan fingerprint density at radius 2 is 0.640 bits per heavy atom. The number of hydrogen-bond acceptors (Lipinski definition) is 0. The molecule has 1 aromatic heterocycles. The third-order valence-electron chi connectivity index (χ3n) is 11.9. The minimum atomic E-state index is 0.618. The fraction of sp³-hybridized carbons (Fsp3) is 0.938. The Kier molecular flexibility index (Phi) is 35.8. The molecule has 0 aliphatic carbocycles. The van der Waals surface area contributed by atoms with Crippen LogP contribution in [0, 0.1) is 0 Å². The van der Waals surface area contributed by atoms with Gasteiger partial charge in [0, 0.05) is 0 Å². The lowest BCUT2D eigenvalue weighted by Gasteiger charge is -2.17. The van der Waals surface area contributed by atoms with Gasteiger partial charge in [-0.2, -0.15) is 0 Å². The molecule has 0 aromatic carbocycles. The van der Waals surface area contributed by atoms with Crippen molar-refractivity contribution in [3.8, 4) is 0 Å². The lowest BCUT2D eigenvalue weighted by Crippen LogP contribution is -2.41. The van der Waals surface area contributed by atoms with Gasteiger partial charge in [0.15, 0.2) is 0 Å². The molecule has 2 nitrogen and oxygen atoms in total. The molecule has 50 heavy (non-hydrogen) atoms. The molecule has 0 amide bonds. The molecule has 2 unspecified atom stereocenters. The van der Waals surface area contributed by atoms with E-state index in [-0.39, 0.29) is 0 Å². The molecule has 1 N–H and O–H groups in total. The first-order chi connectivity index (χ1) is 24.7. The molecule has 1 rings (SSSR count). The van der Waals surface area contributed by atoms with Crippen LogP contribution in [0.3, 0.4) is 0 Å². The van der Waals surface area contributed by atoms with Gasteiger partial charge in [-0.05, 0) is 32.6 Å². The highest BCUT2D eigenvalue weighted by Crippen LogP contribution is 2.28. The highest BCUT2D eigenvalue weighted by atomic mass is 15.1. The van der Waals surface area contributed by atoms with Gasteiger partial charge < -0.3 is 0 Å². The number of aromatic amines is 1. The van der Waals surface area contributed by atoms with E-state index in [1.807, 2.05) is 0 Å². The van der Waals surface area contributed by atoms with Crippen molar-refractivity contribution in [2.45, 2.75) is 290 Å². The number of nitrogens with zero attached hydrogens (tertiary/aromatic N) is 1. The number of rotatable bonds is 41. The molecule has 0 saturated heterocycles. The Hall–Kier alpha value is -0.790. The third-order valence-corrected chi connectivity index (χ3v) is 11.9. The summed E-state index contributed by atoms with van der Waals surface area (Å²) >= 11 is 0. The molecule has 2 heteroatoms. The van der Waals surface area contributed by atoms with E-state index in [0.29, 0.717) is 12.0 Å². The molecule has 0 aliphatic rings. The van der Waals surface area contributed by atoms with Gasteiger partial charge >= 0.3 is 0 Å². The maximum Gasteiger partial charge on any atom is 0.257 e. The van der Waals surface area contributed by atoms with Crippen LogP contribution in [0.5, 0.6) is 0 Å². The van der Waals surface area contributed by atoms with Crippen molar-refractivity contribution in [1.82, 2.24) is 4.98 Å². The summed E-state index contributed by atoms with van der Waals surface area (Å²) in [7, 11) is 0. The van der Waals surface area contributed by atoms with Crippen LogP contribution in [0.4, 0.5) is 0 Å². The van der Waals surface area contributed by atoms with E-state index in [1.54, 1.807) is 5.82 Å². The number of hydrogen-bond donors (Lipinski definition) is 1. The van der Waals surface area contributed by atoms with Crippen molar-refractivity contribution in [1.29, 1.82) is 0 Å². The Morgan fingerprint density at radius 3 is 0.940 bits per heavy atom. The summed E-state index contributed by atoms with van der Waals surface area (Å²) in [5.74, 6) is 2.25. The number of imidazole rings is 1. The largest absolute Gasteiger partial charge is 0.257 e. The smallest absolute Gasteiger partial charge is 0.247 e. The molecular formula is C48H95N2+. The Labute approximate surface area is 316 Å². The topological polar surface area (TPSA) is 19.7 Å². The monoisotopic (exact) mass is 700 g/mol. The lowest BCUT2D eigenvalue weighted by atomic mass is 9.92. The number of H-pyrrole nitrogens is 1. The van der Waals surface area contributed by atoms with Crippen LogP contribution in [0.1, 0.15) is 296 Å². The molecule has 0 aliphatic heterocycles. The van der Waals surface area contributed by atoms with Crippen LogP contribution < -0.4 is 4.57 Å². The van der Waals surface area contributed by atoms with Crippen molar-refractivity contribution in [2.75, 3.05) is 0 Å². The van der Waals surface area contributed by atoms with Crippen molar-refractivity contribution < 1.29 is 4.57 Å². The van der Waals surface area contributed by atoms with E-state index in [1.165, 1.54) is 250 Å². The van der Waals surface area contributed by atoms with Gasteiger partial charge in [0.1, 0.15) is 12.4 Å². The minimum absolute atomic E-state index is 0.618. The first-order valence-corrected chi connectivity index (χ1v) is 23.8. The van der Waals surface area contributed by atoms with Crippen molar-refractivity contribution >= 4 is 0 Å². The summed E-state index contributed by atoms with van der Waals surface area (Å²) in [6, 6.07) is 0.618. The highest BCUT2D eigenvalue weighted by molar-refractivity contribution is 4.90. The number of aromatic nitrogens is 2. The number of unbranched alkanes of at least 4 members (excludes halogenated alkanes) is 33. The molecule has 0 fully saturated rings. The zero-order valence-corrected chi connectivity index (χ0v) is 35.3. The second-order valence-corrected chi connectivity index (χ2v) is 16.8. The van der Waals surface area contributed by atoms with Crippen LogP contribution in [-0.2, 0) is 0 Å². The van der Waals surface area contributed by atoms with Crippen molar-refractivity contribution in [3.63, 3.8) is 0 Å². The van der Waals surface area contributed by atoms with Gasteiger partial charge in [0.2, 0.25) is 0 Å². The summed E-state index contributed by atoms with van der Waals surface area (Å²) in [6.45, 7) is 9.43. The SMILES string of the molecule is CCCCCCCCCCCCCCCCCCC(CCCCCCCCCCCCCCCC)c1[nH]cc[n+]1C(C)CCCCCCCC. The van der Waals surface area contributed by atoms with Gasteiger partial charge in [-0.3, -0.25) is 0 Å². The highest BCUT2D eigenvalue weighted by Gasteiger charge is 2.25. The second-order valence-electron chi connectivity index (χ2n) is 16.8. The maximum absolute atomic E-state index is 3.77. The molecular weight excluding hydrogens is 605 g/mol. The first kappa shape index (κ1) is 47.2. The Morgan fingerprint density at radius 1 is 0.380 bits per heavy atom. The number of nitrogens with one attached hydrogen (secondary N) is 1. The quantitative estimate of drug-likeness (QED) is 0.0518. The normalized spacial score (nSPS) is 13.0. The van der Waals surface area contributed by atoms with Crippen LogP contribution in [0.15, 0.2) is 12.4 Å². The van der Waals surface area contributed by atoms with Gasteiger partial charge in [0.25, 0.3) is 5.82 Å². The molecule has 0 bridgehead atoms. The lowest BCUT2D eigenvalue weighted by molar-refractivity contribution is -0.727. The van der Waals surface area contributed by atoms with Gasteiger partial charge in [-0.25, -0.2) is 9.55 Å². The minimum Gasteiger partial charge on any atom is -0.247 e. The molecule has 1 heterocycles. The zero-order valence-electron chi connectivity index (χ0n) is 35.3. The third kappa shape index (κ3) is 28.8. The molecule has 0 saturated carbocycles. The Bertz CT molecular complexity index is 768. The van der Waals surface area contributed by atoms with E-state index >= 15 is 0 Å². The summed E-state index contributed by atoms with van der Waals surface area (Å²) in [4.78, 5) is 3.77. The van der Waals surface area contributed by atoms with E-state index in [9.17, 15) is 0 Å². The second kappa shape index (κ2) is 38.0. The van der Waals surface area contributed by atoms with Crippen molar-refractivity contribution in [3.05, 3.63) is 18.2 Å². The fourth-order valence-corrected chi connectivity index (χ4v) is 8.37.